The minimum Gasteiger partial charge on any atom is -0.497 e. The zero-order valence-corrected chi connectivity index (χ0v) is 9.21. The number of hydrogen-bond acceptors (Lipinski definition) is 2. The van der Waals surface area contributed by atoms with Gasteiger partial charge in [-0.1, -0.05) is 12.1 Å². The Morgan fingerprint density at radius 2 is 2.29 bits per heavy atom. The average molecular weight is 253 g/mol. The number of nitrogens with zero attached hydrogens (tertiary/aromatic N) is 1. The second kappa shape index (κ2) is 3.84. The van der Waals surface area contributed by atoms with Gasteiger partial charge in [0.15, 0.2) is 0 Å². The SMILES string of the molecule is COc1cccc(-c2ncc(Br)[nH]2)c1. The van der Waals surface area contributed by atoms with Gasteiger partial charge in [0.25, 0.3) is 0 Å². The number of benzene rings is 1. The first kappa shape index (κ1) is 9.27. The van der Waals surface area contributed by atoms with E-state index in [4.69, 9.17) is 4.74 Å². The average Bonchev–Trinajstić information content (AvgIpc) is 2.65. The van der Waals surface area contributed by atoms with Crippen molar-refractivity contribution in [1.29, 1.82) is 0 Å². The van der Waals surface area contributed by atoms with E-state index in [-0.39, 0.29) is 0 Å². The Labute approximate surface area is 90.3 Å². The van der Waals surface area contributed by atoms with Crippen molar-refractivity contribution in [2.45, 2.75) is 0 Å². The highest BCUT2D eigenvalue weighted by Gasteiger charge is 2.02. The molecule has 0 atom stereocenters. The van der Waals surface area contributed by atoms with Gasteiger partial charge < -0.3 is 9.72 Å². The van der Waals surface area contributed by atoms with E-state index in [0.29, 0.717) is 0 Å². The molecule has 14 heavy (non-hydrogen) atoms. The fourth-order valence-corrected chi connectivity index (χ4v) is 1.51. The summed E-state index contributed by atoms with van der Waals surface area (Å²) in [6.45, 7) is 0. The van der Waals surface area contributed by atoms with Crippen LogP contribution in [-0.4, -0.2) is 17.1 Å². The van der Waals surface area contributed by atoms with Crippen molar-refractivity contribution >= 4 is 15.9 Å². The molecule has 0 fully saturated rings. The molecular formula is C10H9BrN2O. The highest BCUT2D eigenvalue weighted by molar-refractivity contribution is 9.10. The fourth-order valence-electron chi connectivity index (χ4n) is 1.22. The summed E-state index contributed by atoms with van der Waals surface area (Å²) in [5.74, 6) is 1.66. The number of aromatic amines is 1. The zero-order chi connectivity index (χ0) is 9.97. The molecule has 4 heteroatoms. The van der Waals surface area contributed by atoms with E-state index in [0.717, 1.165) is 21.7 Å². The van der Waals surface area contributed by atoms with Crippen LogP contribution in [0.1, 0.15) is 0 Å². The number of ether oxygens (including phenoxy) is 1. The lowest BCUT2D eigenvalue weighted by molar-refractivity contribution is 0.415. The second-order valence-electron chi connectivity index (χ2n) is 2.81. The van der Waals surface area contributed by atoms with Crippen molar-refractivity contribution in [1.82, 2.24) is 9.97 Å². The van der Waals surface area contributed by atoms with Crippen molar-refractivity contribution in [2.24, 2.45) is 0 Å². The molecule has 0 saturated carbocycles. The Morgan fingerprint density at radius 3 is 2.93 bits per heavy atom. The molecule has 0 spiro atoms. The van der Waals surface area contributed by atoms with Gasteiger partial charge in [-0.15, -0.1) is 0 Å². The van der Waals surface area contributed by atoms with Gasteiger partial charge in [0.2, 0.25) is 0 Å². The van der Waals surface area contributed by atoms with Gasteiger partial charge in [-0.05, 0) is 28.1 Å². The summed E-state index contributed by atoms with van der Waals surface area (Å²) in [5.41, 5.74) is 1.01. The number of imidazole rings is 1. The van der Waals surface area contributed by atoms with Crippen LogP contribution in [0.2, 0.25) is 0 Å². The molecule has 1 aromatic carbocycles. The van der Waals surface area contributed by atoms with Crippen molar-refractivity contribution in [2.75, 3.05) is 7.11 Å². The zero-order valence-electron chi connectivity index (χ0n) is 7.62. The van der Waals surface area contributed by atoms with Crippen LogP contribution in [0.25, 0.3) is 11.4 Å². The maximum Gasteiger partial charge on any atom is 0.138 e. The molecule has 2 rings (SSSR count). The number of nitrogens with one attached hydrogen (secondary N) is 1. The van der Waals surface area contributed by atoms with Crippen LogP contribution in [0.4, 0.5) is 0 Å². The Balaban J connectivity index is 2.41. The molecule has 72 valence electrons. The first-order valence-corrected chi connectivity index (χ1v) is 4.94. The predicted octanol–water partition coefficient (Wildman–Crippen LogP) is 2.85. The molecule has 2 aromatic rings. The summed E-state index contributed by atoms with van der Waals surface area (Å²) in [6, 6.07) is 7.76. The third kappa shape index (κ3) is 1.80. The summed E-state index contributed by atoms with van der Waals surface area (Å²) in [6.07, 6.45) is 1.73. The van der Waals surface area contributed by atoms with Crippen LogP contribution >= 0.6 is 15.9 Å². The molecule has 0 aliphatic carbocycles. The summed E-state index contributed by atoms with van der Waals surface area (Å²) >= 11 is 3.32. The normalized spacial score (nSPS) is 10.1. The monoisotopic (exact) mass is 252 g/mol. The standard InChI is InChI=1S/C10H9BrN2O/c1-14-8-4-2-3-7(5-8)10-12-6-9(11)13-10/h2-6H,1H3,(H,12,13). The number of halogens is 1. The minimum atomic E-state index is 0.829. The number of hydrogen-bond donors (Lipinski definition) is 1. The van der Waals surface area contributed by atoms with Crippen molar-refractivity contribution in [3.8, 4) is 17.1 Å². The molecule has 0 aliphatic heterocycles. The van der Waals surface area contributed by atoms with Crippen molar-refractivity contribution < 1.29 is 4.74 Å². The van der Waals surface area contributed by atoms with E-state index in [9.17, 15) is 0 Å². The predicted molar refractivity (Wildman–Crippen MR) is 58.3 cm³/mol. The van der Waals surface area contributed by atoms with Gasteiger partial charge >= 0.3 is 0 Å². The van der Waals surface area contributed by atoms with Crippen LogP contribution in [-0.2, 0) is 0 Å². The first-order chi connectivity index (χ1) is 6.79. The molecule has 1 aromatic heterocycles. The summed E-state index contributed by atoms with van der Waals surface area (Å²) < 4.78 is 6.00. The number of H-pyrrole nitrogens is 1. The van der Waals surface area contributed by atoms with Crippen molar-refractivity contribution in [3.63, 3.8) is 0 Å². The molecule has 0 saturated heterocycles. The third-order valence-corrected chi connectivity index (χ3v) is 2.29. The maximum absolute atomic E-state index is 5.13. The first-order valence-electron chi connectivity index (χ1n) is 4.14. The number of aromatic nitrogens is 2. The van der Waals surface area contributed by atoms with Gasteiger partial charge in [-0.2, -0.15) is 0 Å². The van der Waals surface area contributed by atoms with Gasteiger partial charge in [0.1, 0.15) is 16.2 Å². The summed E-state index contributed by atoms with van der Waals surface area (Å²) in [4.78, 5) is 7.30. The second-order valence-corrected chi connectivity index (χ2v) is 3.67. The Morgan fingerprint density at radius 1 is 1.43 bits per heavy atom. The third-order valence-electron chi connectivity index (χ3n) is 1.89. The van der Waals surface area contributed by atoms with E-state index in [1.165, 1.54) is 0 Å². The van der Waals surface area contributed by atoms with Gasteiger partial charge in [-0.3, -0.25) is 0 Å². The Kier molecular flexibility index (Phi) is 2.54. The van der Waals surface area contributed by atoms with Gasteiger partial charge in [0, 0.05) is 5.56 Å². The van der Waals surface area contributed by atoms with Crippen LogP contribution in [0.3, 0.4) is 0 Å². The van der Waals surface area contributed by atoms with Gasteiger partial charge in [0.05, 0.1) is 13.3 Å². The van der Waals surface area contributed by atoms with E-state index >= 15 is 0 Å². The maximum atomic E-state index is 5.13. The molecule has 3 nitrogen and oxygen atoms in total. The molecule has 1 N–H and O–H groups in total. The largest absolute Gasteiger partial charge is 0.497 e. The summed E-state index contributed by atoms with van der Waals surface area (Å²) in [5, 5.41) is 0. The topological polar surface area (TPSA) is 37.9 Å². The smallest absolute Gasteiger partial charge is 0.138 e. The fraction of sp³-hybridized carbons (Fsp3) is 0.100. The van der Waals surface area contributed by atoms with E-state index in [1.54, 1.807) is 13.3 Å². The molecule has 0 bridgehead atoms. The van der Waals surface area contributed by atoms with Gasteiger partial charge in [-0.25, -0.2) is 4.98 Å². The Hall–Kier alpha value is -1.29. The minimum absolute atomic E-state index is 0.829. The van der Waals surface area contributed by atoms with E-state index < -0.39 is 0 Å². The number of rotatable bonds is 2. The molecule has 0 unspecified atom stereocenters. The lowest BCUT2D eigenvalue weighted by atomic mass is 10.2. The van der Waals surface area contributed by atoms with E-state index in [2.05, 4.69) is 25.9 Å². The van der Waals surface area contributed by atoms with Crippen LogP contribution in [0.5, 0.6) is 5.75 Å². The molecule has 0 aliphatic rings. The van der Waals surface area contributed by atoms with E-state index in [1.807, 2.05) is 24.3 Å². The molecular weight excluding hydrogens is 244 g/mol. The quantitative estimate of drug-likeness (QED) is 0.893. The number of methoxy groups -OCH3 is 1. The lowest BCUT2D eigenvalue weighted by Gasteiger charge is -2.01. The van der Waals surface area contributed by atoms with Crippen LogP contribution in [0.15, 0.2) is 35.1 Å². The highest BCUT2D eigenvalue weighted by Crippen LogP contribution is 2.22. The van der Waals surface area contributed by atoms with Crippen LogP contribution in [0, 0.1) is 0 Å². The highest BCUT2D eigenvalue weighted by atomic mass is 79.9. The lowest BCUT2D eigenvalue weighted by Crippen LogP contribution is -1.84. The van der Waals surface area contributed by atoms with Crippen LogP contribution < -0.4 is 4.74 Å². The Bertz CT molecular complexity index is 439. The molecule has 1 heterocycles. The van der Waals surface area contributed by atoms with Crippen molar-refractivity contribution in [3.05, 3.63) is 35.1 Å². The molecule has 0 amide bonds. The molecule has 0 radical (unpaired) electrons. The summed E-state index contributed by atoms with van der Waals surface area (Å²) in [7, 11) is 1.65.